The second-order valence-electron chi connectivity index (χ2n) is 5.63. The molecule has 0 aliphatic heterocycles. The molecule has 22 heavy (non-hydrogen) atoms. The average molecular weight is 335 g/mol. The molecule has 1 heterocycles. The summed E-state index contributed by atoms with van der Waals surface area (Å²) in [5.41, 5.74) is 2.48. The van der Waals surface area contributed by atoms with Gasteiger partial charge in [-0.25, -0.2) is 0 Å². The Hall–Kier alpha value is -1.40. The first kappa shape index (κ1) is 17.0. The van der Waals surface area contributed by atoms with Gasteiger partial charge in [0, 0.05) is 12.2 Å². The maximum atomic E-state index is 11.9. The summed E-state index contributed by atoms with van der Waals surface area (Å²) in [5, 5.41) is 12.5. The van der Waals surface area contributed by atoms with Gasteiger partial charge in [-0.3, -0.25) is 10.1 Å². The summed E-state index contributed by atoms with van der Waals surface area (Å²) in [6.45, 7) is 6.35. The molecule has 1 amide bonds. The molecule has 0 saturated heterocycles. The molecule has 0 radical (unpaired) electrons. The van der Waals surface area contributed by atoms with Crippen molar-refractivity contribution in [2.24, 2.45) is 5.92 Å². The number of aryl methyl sites for hydroxylation is 1. The highest BCUT2D eigenvalue weighted by molar-refractivity contribution is 7.99. The third-order valence-electron chi connectivity index (χ3n) is 2.92. The van der Waals surface area contributed by atoms with Crippen LogP contribution in [-0.4, -0.2) is 21.9 Å². The van der Waals surface area contributed by atoms with E-state index in [9.17, 15) is 4.79 Å². The second-order valence-corrected chi connectivity index (χ2v) is 7.67. The Kier molecular flexibility index (Phi) is 6.39. The van der Waals surface area contributed by atoms with Gasteiger partial charge in [0.25, 0.3) is 0 Å². The Balaban J connectivity index is 1.73. The van der Waals surface area contributed by atoms with Gasteiger partial charge >= 0.3 is 0 Å². The van der Waals surface area contributed by atoms with E-state index in [1.807, 2.05) is 0 Å². The van der Waals surface area contributed by atoms with Crippen LogP contribution in [0.3, 0.4) is 0 Å². The highest BCUT2D eigenvalue weighted by Gasteiger charge is 2.09. The van der Waals surface area contributed by atoms with Crippen LogP contribution in [0.4, 0.5) is 5.13 Å². The quantitative estimate of drug-likeness (QED) is 0.833. The molecule has 6 heteroatoms. The summed E-state index contributed by atoms with van der Waals surface area (Å²) in [6, 6.07) is 8.38. The molecular formula is C16H21N3OS2. The minimum absolute atomic E-state index is 0.0237. The van der Waals surface area contributed by atoms with Crippen molar-refractivity contribution < 1.29 is 4.79 Å². The number of hydrogen-bond acceptors (Lipinski definition) is 5. The molecule has 0 fully saturated rings. The number of anilines is 1. The number of thioether (sulfide) groups is 1. The first-order valence-electron chi connectivity index (χ1n) is 7.28. The molecule has 118 valence electrons. The van der Waals surface area contributed by atoms with E-state index in [4.69, 9.17) is 0 Å². The van der Waals surface area contributed by atoms with Gasteiger partial charge in [0.15, 0.2) is 0 Å². The van der Waals surface area contributed by atoms with Crippen LogP contribution < -0.4 is 5.32 Å². The van der Waals surface area contributed by atoms with Crippen molar-refractivity contribution in [2.45, 2.75) is 32.9 Å². The minimum Gasteiger partial charge on any atom is -0.300 e. The lowest BCUT2D eigenvalue weighted by Crippen LogP contribution is -2.13. The molecule has 1 aromatic heterocycles. The summed E-state index contributed by atoms with van der Waals surface area (Å²) >= 11 is 3.06. The van der Waals surface area contributed by atoms with Gasteiger partial charge < -0.3 is 0 Å². The normalized spacial score (nSPS) is 10.9. The third-order valence-corrected chi connectivity index (χ3v) is 4.78. The Labute approximate surface area is 139 Å². The zero-order valence-electron chi connectivity index (χ0n) is 13.1. The lowest BCUT2D eigenvalue weighted by atomic mass is 10.1. The molecule has 2 aromatic rings. The fourth-order valence-corrected chi connectivity index (χ4v) is 3.59. The lowest BCUT2D eigenvalue weighted by molar-refractivity contribution is -0.113. The van der Waals surface area contributed by atoms with Crippen molar-refractivity contribution >= 4 is 34.1 Å². The van der Waals surface area contributed by atoms with Crippen molar-refractivity contribution in [3.05, 3.63) is 40.4 Å². The van der Waals surface area contributed by atoms with Gasteiger partial charge in [-0.1, -0.05) is 55.0 Å². The van der Waals surface area contributed by atoms with Crippen LogP contribution in [0.15, 0.2) is 24.3 Å². The predicted molar refractivity (Wildman–Crippen MR) is 94.4 cm³/mol. The maximum absolute atomic E-state index is 11.9. The van der Waals surface area contributed by atoms with Crippen LogP contribution in [0, 0.1) is 12.8 Å². The lowest BCUT2D eigenvalue weighted by Gasteiger charge is -2.03. The van der Waals surface area contributed by atoms with E-state index in [0.717, 1.165) is 17.2 Å². The standard InChI is InChI=1S/C16H21N3OS2/c1-11(2)8-15-18-19-16(22-15)17-14(20)10-21-9-13-6-4-12(3)5-7-13/h4-7,11H,8-10H2,1-3H3,(H,17,19,20). The maximum Gasteiger partial charge on any atom is 0.236 e. The number of aromatic nitrogens is 2. The van der Waals surface area contributed by atoms with E-state index in [1.165, 1.54) is 22.5 Å². The van der Waals surface area contributed by atoms with Crippen molar-refractivity contribution in [2.75, 3.05) is 11.1 Å². The molecule has 0 spiro atoms. The molecule has 0 aliphatic rings. The van der Waals surface area contributed by atoms with Crippen molar-refractivity contribution in [1.82, 2.24) is 10.2 Å². The van der Waals surface area contributed by atoms with Crippen LogP contribution >= 0.6 is 23.1 Å². The van der Waals surface area contributed by atoms with Gasteiger partial charge in [0.05, 0.1) is 5.75 Å². The van der Waals surface area contributed by atoms with Crippen LogP contribution in [0.5, 0.6) is 0 Å². The summed E-state index contributed by atoms with van der Waals surface area (Å²) < 4.78 is 0. The first-order chi connectivity index (χ1) is 10.5. The fraction of sp³-hybridized carbons (Fsp3) is 0.438. The molecule has 4 nitrogen and oxygen atoms in total. The number of hydrogen-bond donors (Lipinski definition) is 1. The second kappa shape index (κ2) is 8.29. The number of carbonyl (C=O) groups excluding carboxylic acids is 1. The van der Waals surface area contributed by atoms with Crippen molar-refractivity contribution in [3.8, 4) is 0 Å². The van der Waals surface area contributed by atoms with Crippen LogP contribution in [0.2, 0.25) is 0 Å². The summed E-state index contributed by atoms with van der Waals surface area (Å²) in [7, 11) is 0. The Morgan fingerprint density at radius 1 is 1.27 bits per heavy atom. The molecule has 2 rings (SSSR count). The van der Waals surface area contributed by atoms with Crippen molar-refractivity contribution in [3.63, 3.8) is 0 Å². The number of nitrogens with one attached hydrogen (secondary N) is 1. The van der Waals surface area contributed by atoms with Gasteiger partial charge in [-0.05, 0) is 18.4 Å². The number of carbonyl (C=O) groups is 1. The smallest absolute Gasteiger partial charge is 0.236 e. The van der Waals surface area contributed by atoms with Gasteiger partial charge in [-0.2, -0.15) is 0 Å². The summed E-state index contributed by atoms with van der Waals surface area (Å²) in [5.74, 6) is 1.78. The monoisotopic (exact) mass is 335 g/mol. The molecule has 1 aromatic carbocycles. The third kappa shape index (κ3) is 5.77. The van der Waals surface area contributed by atoms with E-state index in [-0.39, 0.29) is 5.91 Å². The zero-order chi connectivity index (χ0) is 15.9. The van der Waals surface area contributed by atoms with Crippen molar-refractivity contribution in [1.29, 1.82) is 0 Å². The summed E-state index contributed by atoms with van der Waals surface area (Å²) in [6.07, 6.45) is 0.899. The first-order valence-corrected chi connectivity index (χ1v) is 9.25. The molecule has 0 saturated carbocycles. The van der Waals surface area contributed by atoms with E-state index in [0.29, 0.717) is 16.8 Å². The molecule has 0 bridgehead atoms. The predicted octanol–water partition coefficient (Wildman–Crippen LogP) is 3.92. The van der Waals surface area contributed by atoms with Crippen LogP contribution in [-0.2, 0) is 17.0 Å². The Morgan fingerprint density at radius 2 is 2.00 bits per heavy atom. The van der Waals surface area contributed by atoms with E-state index in [1.54, 1.807) is 11.8 Å². The summed E-state index contributed by atoms with van der Waals surface area (Å²) in [4.78, 5) is 11.9. The van der Waals surface area contributed by atoms with Gasteiger partial charge in [0.1, 0.15) is 5.01 Å². The fourth-order valence-electron chi connectivity index (χ4n) is 1.84. The van der Waals surface area contributed by atoms with E-state index >= 15 is 0 Å². The largest absolute Gasteiger partial charge is 0.300 e. The van der Waals surface area contributed by atoms with Gasteiger partial charge in [-0.15, -0.1) is 22.0 Å². The average Bonchev–Trinajstić information content (AvgIpc) is 2.87. The van der Waals surface area contributed by atoms with Gasteiger partial charge in [0.2, 0.25) is 11.0 Å². The van der Waals surface area contributed by atoms with E-state index in [2.05, 4.69) is 60.6 Å². The molecule has 0 aliphatic carbocycles. The topological polar surface area (TPSA) is 54.9 Å². The molecule has 0 unspecified atom stereocenters. The van der Waals surface area contributed by atoms with Crippen LogP contribution in [0.25, 0.3) is 0 Å². The SMILES string of the molecule is Cc1ccc(CSCC(=O)Nc2nnc(CC(C)C)s2)cc1. The number of amides is 1. The number of benzene rings is 1. The zero-order valence-corrected chi connectivity index (χ0v) is 14.8. The highest BCUT2D eigenvalue weighted by atomic mass is 32.2. The Morgan fingerprint density at radius 3 is 2.68 bits per heavy atom. The highest BCUT2D eigenvalue weighted by Crippen LogP contribution is 2.19. The molecule has 1 N–H and O–H groups in total. The molecule has 0 atom stereocenters. The minimum atomic E-state index is -0.0237. The van der Waals surface area contributed by atoms with E-state index < -0.39 is 0 Å². The Bertz CT molecular complexity index is 608. The number of nitrogens with zero attached hydrogens (tertiary/aromatic N) is 2. The molecular weight excluding hydrogens is 314 g/mol. The van der Waals surface area contributed by atoms with Crippen LogP contribution in [0.1, 0.15) is 30.0 Å². The number of rotatable bonds is 7.